The Balaban J connectivity index is 2.82. The molecule has 0 aliphatic carbocycles. The van der Waals surface area contributed by atoms with Crippen LogP contribution in [0.4, 0.5) is 4.39 Å². The molecule has 0 saturated heterocycles. The first-order valence-corrected chi connectivity index (χ1v) is 8.06. The molecule has 0 saturated carbocycles. The van der Waals surface area contributed by atoms with Gasteiger partial charge in [0.25, 0.3) is 0 Å². The Bertz CT molecular complexity index is 381. The monoisotopic (exact) mass is 329 g/mol. The molecule has 108 valence electrons. The molecule has 1 nitrogen and oxygen atoms in total. The van der Waals surface area contributed by atoms with Crippen molar-refractivity contribution in [3.8, 4) is 0 Å². The van der Waals surface area contributed by atoms with Crippen LogP contribution in [0.25, 0.3) is 0 Å². The summed E-state index contributed by atoms with van der Waals surface area (Å²) in [4.78, 5) is 0. The van der Waals surface area contributed by atoms with Gasteiger partial charge in [-0.15, -0.1) is 0 Å². The van der Waals surface area contributed by atoms with Crippen LogP contribution in [0.3, 0.4) is 0 Å². The molecule has 1 aromatic carbocycles. The lowest BCUT2D eigenvalue weighted by atomic mass is 9.92. The van der Waals surface area contributed by atoms with Crippen molar-refractivity contribution in [1.82, 2.24) is 5.32 Å². The van der Waals surface area contributed by atoms with Crippen LogP contribution < -0.4 is 5.32 Å². The zero-order chi connectivity index (χ0) is 14.3. The number of hydrogen-bond acceptors (Lipinski definition) is 1. The molecule has 1 rings (SSSR count). The molecular formula is C16H25BrFN. The van der Waals surface area contributed by atoms with Gasteiger partial charge in [0.1, 0.15) is 5.82 Å². The first kappa shape index (κ1) is 16.6. The highest BCUT2D eigenvalue weighted by Gasteiger charge is 2.18. The molecule has 0 spiro atoms. The summed E-state index contributed by atoms with van der Waals surface area (Å²) in [6.45, 7) is 7.52. The van der Waals surface area contributed by atoms with E-state index >= 15 is 0 Å². The van der Waals surface area contributed by atoms with E-state index in [2.05, 4.69) is 42.0 Å². The van der Waals surface area contributed by atoms with Gasteiger partial charge in [-0.1, -0.05) is 55.6 Å². The van der Waals surface area contributed by atoms with E-state index in [-0.39, 0.29) is 11.9 Å². The van der Waals surface area contributed by atoms with Gasteiger partial charge in [-0.3, -0.25) is 0 Å². The Labute approximate surface area is 125 Å². The van der Waals surface area contributed by atoms with E-state index in [1.807, 2.05) is 12.1 Å². The molecule has 2 unspecified atom stereocenters. The summed E-state index contributed by atoms with van der Waals surface area (Å²) >= 11 is 3.31. The third-order valence-corrected chi connectivity index (χ3v) is 3.89. The van der Waals surface area contributed by atoms with E-state index in [1.54, 1.807) is 6.07 Å². The van der Waals surface area contributed by atoms with E-state index in [0.29, 0.717) is 5.92 Å². The summed E-state index contributed by atoms with van der Waals surface area (Å²) in [5.41, 5.74) is 0.791. The Hall–Kier alpha value is -0.410. The molecule has 3 heteroatoms. The van der Waals surface area contributed by atoms with Crippen LogP contribution in [0.15, 0.2) is 22.7 Å². The van der Waals surface area contributed by atoms with Gasteiger partial charge in [0.2, 0.25) is 0 Å². The summed E-state index contributed by atoms with van der Waals surface area (Å²) in [5, 5.41) is 3.48. The zero-order valence-corrected chi connectivity index (χ0v) is 13.8. The van der Waals surface area contributed by atoms with Gasteiger partial charge in [0.15, 0.2) is 0 Å². The van der Waals surface area contributed by atoms with Crippen LogP contribution in [-0.2, 0) is 0 Å². The highest BCUT2D eigenvalue weighted by Crippen LogP contribution is 2.27. The normalized spacial score (nSPS) is 14.4. The first-order chi connectivity index (χ1) is 9.08. The molecule has 0 amide bonds. The summed E-state index contributed by atoms with van der Waals surface area (Å²) in [7, 11) is 0. The average Bonchev–Trinajstić information content (AvgIpc) is 2.35. The summed E-state index contributed by atoms with van der Waals surface area (Å²) < 4.78 is 14.9. The van der Waals surface area contributed by atoms with Crippen LogP contribution >= 0.6 is 15.9 Å². The van der Waals surface area contributed by atoms with Crippen molar-refractivity contribution >= 4 is 15.9 Å². The van der Waals surface area contributed by atoms with Crippen molar-refractivity contribution in [2.45, 2.75) is 52.5 Å². The second-order valence-electron chi connectivity index (χ2n) is 5.30. The number of nitrogens with one attached hydrogen (secondary N) is 1. The molecule has 19 heavy (non-hydrogen) atoms. The largest absolute Gasteiger partial charge is 0.310 e. The van der Waals surface area contributed by atoms with Crippen LogP contribution in [0, 0.1) is 11.7 Å². The van der Waals surface area contributed by atoms with Crippen LogP contribution in [0.1, 0.15) is 58.1 Å². The molecule has 0 heterocycles. The SMILES string of the molecule is CCCNC(CC(C)CCC)c1ccc(Br)cc1F. The summed E-state index contributed by atoms with van der Waals surface area (Å²) in [5.74, 6) is 0.495. The Morgan fingerprint density at radius 3 is 2.58 bits per heavy atom. The molecular weight excluding hydrogens is 305 g/mol. The van der Waals surface area contributed by atoms with E-state index in [1.165, 1.54) is 12.8 Å². The first-order valence-electron chi connectivity index (χ1n) is 7.26. The maximum absolute atomic E-state index is 14.1. The van der Waals surface area contributed by atoms with Crippen LogP contribution in [0.5, 0.6) is 0 Å². The van der Waals surface area contributed by atoms with E-state index in [4.69, 9.17) is 0 Å². The van der Waals surface area contributed by atoms with Crippen molar-refractivity contribution in [3.63, 3.8) is 0 Å². The van der Waals surface area contributed by atoms with Crippen molar-refractivity contribution in [2.24, 2.45) is 5.92 Å². The lowest BCUT2D eigenvalue weighted by Gasteiger charge is -2.23. The molecule has 0 aliphatic heterocycles. The Morgan fingerprint density at radius 1 is 1.26 bits per heavy atom. The number of hydrogen-bond donors (Lipinski definition) is 1. The van der Waals surface area contributed by atoms with Gasteiger partial charge in [-0.2, -0.15) is 0 Å². The lowest BCUT2D eigenvalue weighted by Crippen LogP contribution is -2.25. The second kappa shape index (κ2) is 8.70. The smallest absolute Gasteiger partial charge is 0.129 e. The molecule has 0 aromatic heterocycles. The second-order valence-corrected chi connectivity index (χ2v) is 6.22. The Kier molecular flexibility index (Phi) is 7.62. The minimum atomic E-state index is -0.119. The molecule has 0 radical (unpaired) electrons. The average molecular weight is 330 g/mol. The molecule has 0 fully saturated rings. The summed E-state index contributed by atoms with van der Waals surface area (Å²) in [6, 6.07) is 5.49. The molecule has 1 aromatic rings. The minimum absolute atomic E-state index is 0.119. The van der Waals surface area contributed by atoms with Gasteiger partial charge in [-0.05, 0) is 37.4 Å². The highest BCUT2D eigenvalue weighted by molar-refractivity contribution is 9.10. The van der Waals surface area contributed by atoms with Crippen LogP contribution in [0.2, 0.25) is 0 Å². The van der Waals surface area contributed by atoms with Crippen molar-refractivity contribution in [2.75, 3.05) is 6.54 Å². The third kappa shape index (κ3) is 5.62. The molecule has 1 N–H and O–H groups in total. The van der Waals surface area contributed by atoms with Gasteiger partial charge >= 0.3 is 0 Å². The standard InChI is InChI=1S/C16H25BrFN/c1-4-6-12(3)10-16(19-9-5-2)14-8-7-13(17)11-15(14)18/h7-8,11-12,16,19H,4-6,9-10H2,1-3H3. The van der Waals surface area contributed by atoms with Crippen molar-refractivity contribution < 1.29 is 4.39 Å². The lowest BCUT2D eigenvalue weighted by molar-refractivity contribution is 0.381. The van der Waals surface area contributed by atoms with E-state index < -0.39 is 0 Å². The number of halogens is 2. The van der Waals surface area contributed by atoms with Crippen molar-refractivity contribution in [3.05, 3.63) is 34.1 Å². The van der Waals surface area contributed by atoms with Gasteiger partial charge in [0, 0.05) is 16.1 Å². The quantitative estimate of drug-likeness (QED) is 0.668. The van der Waals surface area contributed by atoms with Gasteiger partial charge in [-0.25, -0.2) is 4.39 Å². The van der Waals surface area contributed by atoms with E-state index in [0.717, 1.165) is 29.4 Å². The molecule has 2 atom stereocenters. The molecule has 0 aliphatic rings. The van der Waals surface area contributed by atoms with Gasteiger partial charge < -0.3 is 5.32 Å². The Morgan fingerprint density at radius 2 is 2.00 bits per heavy atom. The highest BCUT2D eigenvalue weighted by atomic mass is 79.9. The fraction of sp³-hybridized carbons (Fsp3) is 0.625. The maximum Gasteiger partial charge on any atom is 0.129 e. The minimum Gasteiger partial charge on any atom is -0.310 e. The van der Waals surface area contributed by atoms with E-state index in [9.17, 15) is 4.39 Å². The number of rotatable bonds is 8. The molecule has 0 bridgehead atoms. The maximum atomic E-state index is 14.1. The van der Waals surface area contributed by atoms with Gasteiger partial charge in [0.05, 0.1) is 0 Å². The third-order valence-electron chi connectivity index (χ3n) is 3.40. The predicted octanol–water partition coefficient (Wildman–Crippen LogP) is 5.46. The van der Waals surface area contributed by atoms with Crippen LogP contribution in [-0.4, -0.2) is 6.54 Å². The zero-order valence-electron chi connectivity index (χ0n) is 12.2. The topological polar surface area (TPSA) is 12.0 Å². The number of benzene rings is 1. The summed E-state index contributed by atoms with van der Waals surface area (Å²) in [6.07, 6.45) is 4.44. The fourth-order valence-corrected chi connectivity index (χ4v) is 2.77. The fourth-order valence-electron chi connectivity index (χ4n) is 2.44. The van der Waals surface area contributed by atoms with Crippen molar-refractivity contribution in [1.29, 1.82) is 0 Å². The predicted molar refractivity (Wildman–Crippen MR) is 83.8 cm³/mol.